The summed E-state index contributed by atoms with van der Waals surface area (Å²) in [7, 11) is 0.485. The van der Waals surface area contributed by atoms with Crippen LogP contribution in [0.4, 0.5) is 0 Å². The molecule has 0 aromatic carbocycles. The molecule has 0 amide bonds. The molecule has 1 N–H and O–H groups in total. The Kier molecular flexibility index (Phi) is 6.44. The first-order valence-electron chi connectivity index (χ1n) is 5.64. The highest BCUT2D eigenvalue weighted by Gasteiger charge is 2.37. The van der Waals surface area contributed by atoms with Crippen LogP contribution in [-0.2, 0) is 24.2 Å². The summed E-state index contributed by atoms with van der Waals surface area (Å²) in [6.07, 6.45) is 1.20. The van der Waals surface area contributed by atoms with Gasteiger partial charge in [-0.25, -0.2) is 8.42 Å². The average molecular weight is 328 g/mol. The molecule has 0 atom stereocenters. The van der Waals surface area contributed by atoms with Gasteiger partial charge < -0.3 is 18.6 Å². The summed E-state index contributed by atoms with van der Waals surface area (Å²) in [5.74, 6) is 0. The lowest BCUT2D eigenvalue weighted by atomic mass is 10.1. The van der Waals surface area contributed by atoms with Crippen molar-refractivity contribution in [3.63, 3.8) is 0 Å². The Balaban J connectivity index is 3.07. The molecule has 1 aromatic heterocycles. The maximum absolute atomic E-state index is 12.3. The van der Waals surface area contributed by atoms with Gasteiger partial charge in [-0.3, -0.25) is 0 Å². The van der Waals surface area contributed by atoms with Gasteiger partial charge in [-0.15, -0.1) is 0 Å². The van der Waals surface area contributed by atoms with Gasteiger partial charge in [0, 0.05) is 21.3 Å². The first-order chi connectivity index (χ1) is 9.40. The molecule has 0 saturated heterocycles. The van der Waals surface area contributed by atoms with Crippen molar-refractivity contribution in [1.29, 1.82) is 0 Å². The molecule has 0 fully saturated rings. The lowest BCUT2D eigenvalue weighted by Crippen LogP contribution is -2.57. The second-order valence-electron chi connectivity index (χ2n) is 4.24. The zero-order valence-corrected chi connectivity index (χ0v) is 13.1. The minimum atomic E-state index is -3.89. The molecule has 0 saturated carbocycles. The Morgan fingerprint density at radius 3 is 2.05 bits per heavy atom. The monoisotopic (exact) mass is 327 g/mol. The van der Waals surface area contributed by atoms with Crippen LogP contribution in [-0.4, -0.2) is 55.1 Å². The number of hydrogen-bond acceptors (Lipinski definition) is 6. The van der Waals surface area contributed by atoms with Gasteiger partial charge >= 0.3 is 0 Å². The van der Waals surface area contributed by atoms with Crippen molar-refractivity contribution in [2.45, 2.75) is 10.4 Å². The van der Waals surface area contributed by atoms with Crippen LogP contribution >= 0.6 is 11.6 Å². The number of hydrogen-bond donors (Lipinski definition) is 1. The molecule has 116 valence electrons. The molecule has 0 aliphatic heterocycles. The fraction of sp³-hybridized carbons (Fsp3) is 0.636. The summed E-state index contributed by atoms with van der Waals surface area (Å²) in [4.78, 5) is -0.146. The van der Waals surface area contributed by atoms with Gasteiger partial charge in [-0.1, -0.05) is 0 Å². The first kappa shape index (κ1) is 17.4. The van der Waals surface area contributed by atoms with Crippen LogP contribution in [0.2, 0.25) is 5.22 Å². The molecule has 7 nitrogen and oxygen atoms in total. The van der Waals surface area contributed by atoms with Crippen LogP contribution in [0.25, 0.3) is 0 Å². The topological polar surface area (TPSA) is 87.0 Å². The summed E-state index contributed by atoms with van der Waals surface area (Å²) in [6.45, 7) is 0.218. The van der Waals surface area contributed by atoms with Crippen molar-refractivity contribution in [1.82, 2.24) is 4.72 Å². The highest BCUT2D eigenvalue weighted by Crippen LogP contribution is 2.23. The first-order valence-corrected chi connectivity index (χ1v) is 7.50. The van der Waals surface area contributed by atoms with Gasteiger partial charge in [0.1, 0.15) is 10.4 Å². The van der Waals surface area contributed by atoms with Crippen LogP contribution in [0.15, 0.2) is 21.6 Å². The predicted molar refractivity (Wildman–Crippen MR) is 72.4 cm³/mol. The molecule has 1 aromatic rings. The van der Waals surface area contributed by atoms with E-state index in [1.165, 1.54) is 33.7 Å². The molecular weight excluding hydrogens is 310 g/mol. The minimum absolute atomic E-state index is 0.0728. The van der Waals surface area contributed by atoms with E-state index in [-0.39, 0.29) is 29.9 Å². The van der Waals surface area contributed by atoms with Crippen LogP contribution in [0, 0.1) is 0 Å². The Bertz CT molecular complexity index is 498. The average Bonchev–Trinajstić information content (AvgIpc) is 2.76. The Morgan fingerprint density at radius 2 is 1.70 bits per heavy atom. The van der Waals surface area contributed by atoms with Gasteiger partial charge in [-0.2, -0.15) is 4.72 Å². The van der Waals surface area contributed by atoms with Crippen molar-refractivity contribution in [3.8, 4) is 0 Å². The van der Waals surface area contributed by atoms with Crippen molar-refractivity contribution < 1.29 is 27.0 Å². The zero-order valence-electron chi connectivity index (χ0n) is 11.5. The normalized spacial score (nSPS) is 12.8. The zero-order chi connectivity index (χ0) is 15.2. The highest BCUT2D eigenvalue weighted by atomic mass is 35.5. The Hall–Kier alpha value is -0.640. The van der Waals surface area contributed by atoms with E-state index < -0.39 is 15.6 Å². The van der Waals surface area contributed by atoms with E-state index in [0.717, 1.165) is 0 Å². The molecule has 0 radical (unpaired) electrons. The predicted octanol–water partition coefficient (Wildman–Crippen LogP) is 0.889. The maximum Gasteiger partial charge on any atom is 0.246 e. The standard InChI is InChI=1S/C11H18ClNO6S/c1-16-6-11(7-17-2,8-18-3)13-20(14,15)9-4-5-19-10(9)12/h4-5,13H,6-8H2,1-3H3. The smallest absolute Gasteiger partial charge is 0.246 e. The highest BCUT2D eigenvalue weighted by molar-refractivity contribution is 7.89. The molecule has 0 unspecified atom stereocenters. The second-order valence-corrected chi connectivity index (χ2v) is 6.24. The number of rotatable bonds is 9. The van der Waals surface area contributed by atoms with E-state index in [4.69, 9.17) is 30.2 Å². The van der Waals surface area contributed by atoms with Crippen molar-refractivity contribution in [2.75, 3.05) is 41.2 Å². The number of ether oxygens (including phenoxy) is 3. The lowest BCUT2D eigenvalue weighted by Gasteiger charge is -2.32. The largest absolute Gasteiger partial charge is 0.451 e. The quantitative estimate of drug-likeness (QED) is 0.725. The summed E-state index contributed by atoms with van der Waals surface area (Å²) in [5, 5.41) is -0.210. The number of furan rings is 1. The molecule has 1 heterocycles. The van der Waals surface area contributed by atoms with Gasteiger partial charge in [0.2, 0.25) is 15.2 Å². The fourth-order valence-electron chi connectivity index (χ4n) is 1.86. The SMILES string of the molecule is COCC(COC)(COC)NS(=O)(=O)c1ccoc1Cl. The summed E-state index contributed by atoms with van der Waals surface area (Å²) < 4.78 is 47.2. The molecule has 0 aliphatic rings. The molecule has 9 heteroatoms. The number of methoxy groups -OCH3 is 3. The van der Waals surface area contributed by atoms with E-state index in [1.54, 1.807) is 0 Å². The number of sulfonamides is 1. The molecular formula is C11H18ClNO6S. The minimum Gasteiger partial charge on any atom is -0.451 e. The van der Waals surface area contributed by atoms with Crippen LogP contribution in [0.5, 0.6) is 0 Å². The van der Waals surface area contributed by atoms with Gasteiger partial charge in [-0.05, 0) is 17.7 Å². The van der Waals surface area contributed by atoms with Crippen LogP contribution in [0.3, 0.4) is 0 Å². The fourth-order valence-corrected chi connectivity index (χ4v) is 3.63. The third-order valence-corrected chi connectivity index (χ3v) is 4.49. The van der Waals surface area contributed by atoms with Gasteiger partial charge in [0.05, 0.1) is 26.1 Å². The summed E-state index contributed by atoms with van der Waals surface area (Å²) >= 11 is 5.70. The molecule has 0 spiro atoms. The van der Waals surface area contributed by atoms with Crippen LogP contribution in [0.1, 0.15) is 0 Å². The van der Waals surface area contributed by atoms with Gasteiger partial charge in [0.25, 0.3) is 0 Å². The molecule has 20 heavy (non-hydrogen) atoms. The summed E-state index contributed by atoms with van der Waals surface area (Å²) in [5.41, 5.74) is -1.06. The van der Waals surface area contributed by atoms with Crippen molar-refractivity contribution in [3.05, 3.63) is 17.5 Å². The molecule has 0 aliphatic carbocycles. The van der Waals surface area contributed by atoms with E-state index >= 15 is 0 Å². The van der Waals surface area contributed by atoms with Gasteiger partial charge in [0.15, 0.2) is 0 Å². The lowest BCUT2D eigenvalue weighted by molar-refractivity contribution is 0.00649. The number of nitrogens with one attached hydrogen (secondary N) is 1. The third-order valence-electron chi connectivity index (χ3n) is 2.49. The van der Waals surface area contributed by atoms with Crippen LogP contribution < -0.4 is 4.72 Å². The van der Waals surface area contributed by atoms with E-state index in [1.807, 2.05) is 0 Å². The Labute approximate surface area is 123 Å². The summed E-state index contributed by atoms with van der Waals surface area (Å²) in [6, 6.07) is 1.27. The van der Waals surface area contributed by atoms with Crippen molar-refractivity contribution in [2.24, 2.45) is 0 Å². The van der Waals surface area contributed by atoms with Crippen molar-refractivity contribution >= 4 is 21.6 Å². The number of halogens is 1. The van der Waals surface area contributed by atoms with E-state index in [9.17, 15) is 8.42 Å². The second kappa shape index (κ2) is 7.39. The molecule has 1 rings (SSSR count). The third kappa shape index (κ3) is 4.18. The van der Waals surface area contributed by atoms with E-state index in [2.05, 4.69) is 4.72 Å². The van der Waals surface area contributed by atoms with E-state index in [0.29, 0.717) is 0 Å². The Morgan fingerprint density at radius 1 is 1.20 bits per heavy atom. The molecule has 0 bridgehead atoms. The maximum atomic E-state index is 12.3.